The molecule has 3 heterocycles. The molecule has 0 bridgehead atoms. The molecule has 2 aromatic heterocycles. The monoisotopic (exact) mass is 318 g/mol. The van der Waals surface area contributed by atoms with Crippen LogP contribution in [0.3, 0.4) is 0 Å². The van der Waals surface area contributed by atoms with E-state index in [2.05, 4.69) is 10.3 Å². The summed E-state index contributed by atoms with van der Waals surface area (Å²) in [6.45, 7) is 0.694. The van der Waals surface area contributed by atoms with Gasteiger partial charge in [-0.1, -0.05) is 18.1 Å². The fourth-order valence-electron chi connectivity index (χ4n) is 3.17. The van der Waals surface area contributed by atoms with Crippen molar-refractivity contribution in [1.82, 2.24) is 19.9 Å². The lowest BCUT2D eigenvalue weighted by atomic mass is 10.0. The minimum absolute atomic E-state index is 0.0139. The molecule has 0 aromatic carbocycles. The Morgan fingerprint density at radius 2 is 2.35 bits per heavy atom. The molecule has 7 heteroatoms. The SMILES string of the molecule is Cn1nncc1C(=O)N1CCCCC[C@H]1C[C@H](O)c1ccco1. The normalized spacial score (nSPS) is 20.3. The second-order valence-electron chi connectivity index (χ2n) is 6.01. The van der Waals surface area contributed by atoms with Crippen molar-refractivity contribution in [3.8, 4) is 0 Å². The Bertz CT molecular complexity index is 638. The van der Waals surface area contributed by atoms with Gasteiger partial charge in [-0.05, 0) is 25.0 Å². The van der Waals surface area contributed by atoms with Crippen molar-refractivity contribution in [3.05, 3.63) is 36.0 Å². The molecule has 1 fully saturated rings. The number of likely N-dealkylation sites (tertiary alicyclic amines) is 1. The summed E-state index contributed by atoms with van der Waals surface area (Å²) in [5, 5.41) is 18.0. The quantitative estimate of drug-likeness (QED) is 0.931. The number of aliphatic hydroxyl groups excluding tert-OH is 1. The lowest BCUT2D eigenvalue weighted by molar-refractivity contribution is 0.0547. The fraction of sp³-hybridized carbons (Fsp3) is 0.562. The molecule has 0 saturated carbocycles. The van der Waals surface area contributed by atoms with E-state index in [0.29, 0.717) is 24.4 Å². The van der Waals surface area contributed by atoms with Gasteiger partial charge in [0.1, 0.15) is 17.6 Å². The summed E-state index contributed by atoms with van der Waals surface area (Å²) in [5.74, 6) is 0.472. The van der Waals surface area contributed by atoms with Gasteiger partial charge in [0.25, 0.3) is 5.91 Å². The van der Waals surface area contributed by atoms with Crippen molar-refractivity contribution in [3.63, 3.8) is 0 Å². The third kappa shape index (κ3) is 3.44. The summed E-state index contributed by atoms with van der Waals surface area (Å²) in [6.07, 6.45) is 6.84. The molecular formula is C16H22N4O3. The highest BCUT2D eigenvalue weighted by molar-refractivity contribution is 5.92. The van der Waals surface area contributed by atoms with Crippen LogP contribution in [-0.4, -0.2) is 43.5 Å². The zero-order chi connectivity index (χ0) is 16.2. The van der Waals surface area contributed by atoms with E-state index in [1.807, 2.05) is 4.90 Å². The first-order valence-corrected chi connectivity index (χ1v) is 8.04. The third-order valence-electron chi connectivity index (χ3n) is 4.44. The topological polar surface area (TPSA) is 84.4 Å². The molecule has 0 radical (unpaired) electrons. The van der Waals surface area contributed by atoms with E-state index in [0.717, 1.165) is 25.7 Å². The number of rotatable bonds is 4. The molecule has 1 aliphatic rings. The van der Waals surface area contributed by atoms with Crippen LogP contribution in [0.4, 0.5) is 0 Å². The number of aliphatic hydroxyl groups is 1. The first-order valence-electron chi connectivity index (χ1n) is 8.04. The minimum Gasteiger partial charge on any atom is -0.467 e. The zero-order valence-electron chi connectivity index (χ0n) is 13.3. The lowest BCUT2D eigenvalue weighted by Crippen LogP contribution is -2.41. The Morgan fingerprint density at radius 3 is 3.04 bits per heavy atom. The molecule has 1 amide bonds. The van der Waals surface area contributed by atoms with Gasteiger partial charge in [0, 0.05) is 26.1 Å². The Hall–Kier alpha value is -2.15. The van der Waals surface area contributed by atoms with Crippen LogP contribution in [0.15, 0.2) is 29.0 Å². The number of aryl methyl sites for hydroxylation is 1. The maximum atomic E-state index is 12.8. The second kappa shape index (κ2) is 6.95. The molecule has 124 valence electrons. The molecule has 7 nitrogen and oxygen atoms in total. The van der Waals surface area contributed by atoms with Crippen LogP contribution in [0, 0.1) is 0 Å². The van der Waals surface area contributed by atoms with Crippen molar-refractivity contribution in [1.29, 1.82) is 0 Å². The lowest BCUT2D eigenvalue weighted by Gasteiger charge is -2.31. The molecule has 1 N–H and O–H groups in total. The molecule has 2 atom stereocenters. The first-order chi connectivity index (χ1) is 11.2. The highest BCUT2D eigenvalue weighted by Crippen LogP contribution is 2.27. The average Bonchev–Trinajstić information content (AvgIpc) is 3.16. The molecule has 0 spiro atoms. The standard InChI is InChI=1S/C16H22N4O3/c1-19-13(11-17-18-19)16(22)20-8-4-2-3-6-12(20)10-14(21)15-7-5-9-23-15/h5,7,9,11-12,14,21H,2-4,6,8,10H2,1H3/t12-,14-/m0/s1. The Morgan fingerprint density at radius 1 is 1.48 bits per heavy atom. The molecule has 2 aromatic rings. The van der Waals surface area contributed by atoms with Crippen LogP contribution >= 0.6 is 0 Å². The maximum absolute atomic E-state index is 12.8. The molecule has 23 heavy (non-hydrogen) atoms. The first kappa shape index (κ1) is 15.7. The van der Waals surface area contributed by atoms with E-state index in [1.165, 1.54) is 10.9 Å². The van der Waals surface area contributed by atoms with Crippen molar-refractivity contribution in [2.45, 2.75) is 44.2 Å². The number of aromatic nitrogens is 3. The number of furan rings is 1. The summed E-state index contributed by atoms with van der Waals surface area (Å²) in [5.41, 5.74) is 0.476. The van der Waals surface area contributed by atoms with E-state index in [1.54, 1.807) is 25.4 Å². The van der Waals surface area contributed by atoms with E-state index < -0.39 is 6.10 Å². The second-order valence-corrected chi connectivity index (χ2v) is 6.01. The maximum Gasteiger partial charge on any atom is 0.274 e. The Balaban J connectivity index is 1.77. The summed E-state index contributed by atoms with van der Waals surface area (Å²) in [7, 11) is 1.71. The largest absolute Gasteiger partial charge is 0.467 e. The van der Waals surface area contributed by atoms with Crippen LogP contribution < -0.4 is 0 Å². The number of carbonyl (C=O) groups is 1. The zero-order valence-corrected chi connectivity index (χ0v) is 13.3. The Labute approximate surface area is 134 Å². The van der Waals surface area contributed by atoms with Crippen molar-refractivity contribution in [2.75, 3.05) is 6.54 Å². The van der Waals surface area contributed by atoms with Gasteiger partial charge in [-0.3, -0.25) is 4.79 Å². The molecule has 3 rings (SSSR count). The number of amides is 1. The fourth-order valence-corrected chi connectivity index (χ4v) is 3.17. The van der Waals surface area contributed by atoms with Crippen molar-refractivity contribution in [2.24, 2.45) is 7.05 Å². The van der Waals surface area contributed by atoms with Gasteiger partial charge in [0.15, 0.2) is 0 Å². The molecule has 1 saturated heterocycles. The van der Waals surface area contributed by atoms with Gasteiger partial charge in [-0.15, -0.1) is 5.10 Å². The highest BCUT2D eigenvalue weighted by Gasteiger charge is 2.30. The number of carbonyl (C=O) groups excluding carboxylic acids is 1. The Kier molecular flexibility index (Phi) is 4.76. The van der Waals surface area contributed by atoms with Crippen LogP contribution in [0.1, 0.15) is 54.5 Å². The van der Waals surface area contributed by atoms with E-state index in [-0.39, 0.29) is 11.9 Å². The van der Waals surface area contributed by atoms with Crippen LogP contribution in [-0.2, 0) is 7.05 Å². The predicted octanol–water partition coefficient (Wildman–Crippen LogP) is 1.92. The van der Waals surface area contributed by atoms with Crippen molar-refractivity contribution >= 4 is 5.91 Å². The summed E-state index contributed by atoms with van der Waals surface area (Å²) in [4.78, 5) is 14.7. The number of hydrogen-bond donors (Lipinski definition) is 1. The molecule has 1 aliphatic heterocycles. The van der Waals surface area contributed by atoms with Crippen LogP contribution in [0.2, 0.25) is 0 Å². The van der Waals surface area contributed by atoms with Crippen molar-refractivity contribution < 1.29 is 14.3 Å². The average molecular weight is 318 g/mol. The van der Waals surface area contributed by atoms with E-state index >= 15 is 0 Å². The highest BCUT2D eigenvalue weighted by atomic mass is 16.4. The van der Waals surface area contributed by atoms with Gasteiger partial charge in [0.05, 0.1) is 12.5 Å². The molecule has 0 aliphatic carbocycles. The summed E-state index contributed by atoms with van der Waals surface area (Å²) in [6, 6.07) is 3.51. The predicted molar refractivity (Wildman–Crippen MR) is 82.6 cm³/mol. The summed E-state index contributed by atoms with van der Waals surface area (Å²) >= 11 is 0. The van der Waals surface area contributed by atoms with E-state index in [9.17, 15) is 9.90 Å². The number of nitrogens with zero attached hydrogens (tertiary/aromatic N) is 4. The minimum atomic E-state index is -0.701. The van der Waals surface area contributed by atoms with Crippen LogP contribution in [0.25, 0.3) is 0 Å². The number of hydrogen-bond acceptors (Lipinski definition) is 5. The smallest absolute Gasteiger partial charge is 0.274 e. The third-order valence-corrected chi connectivity index (χ3v) is 4.44. The van der Waals surface area contributed by atoms with Gasteiger partial charge in [-0.25, -0.2) is 4.68 Å². The summed E-state index contributed by atoms with van der Waals surface area (Å²) < 4.78 is 6.77. The van der Waals surface area contributed by atoms with Gasteiger partial charge in [-0.2, -0.15) is 0 Å². The molecular weight excluding hydrogens is 296 g/mol. The van der Waals surface area contributed by atoms with Gasteiger partial charge < -0.3 is 14.4 Å². The van der Waals surface area contributed by atoms with Gasteiger partial charge >= 0.3 is 0 Å². The van der Waals surface area contributed by atoms with E-state index in [4.69, 9.17) is 4.42 Å². The molecule has 0 unspecified atom stereocenters. The van der Waals surface area contributed by atoms with Gasteiger partial charge in [0.2, 0.25) is 0 Å². The van der Waals surface area contributed by atoms with Crippen LogP contribution in [0.5, 0.6) is 0 Å².